The first-order chi connectivity index (χ1) is 9.36. The second kappa shape index (κ2) is 6.06. The molecule has 2 saturated heterocycles. The van der Waals surface area contributed by atoms with Crippen LogP contribution in [0.15, 0.2) is 12.4 Å². The number of hydrogen-bond acceptors (Lipinski definition) is 3. The SMILES string of the molecule is CCCn1cc(CN2CCCC2C2CCCN2)cn1. The summed E-state index contributed by atoms with van der Waals surface area (Å²) in [5.74, 6) is 0. The van der Waals surface area contributed by atoms with Crippen LogP contribution in [0, 0.1) is 0 Å². The average Bonchev–Trinajstić information content (AvgIpc) is 3.11. The molecule has 2 unspecified atom stereocenters. The summed E-state index contributed by atoms with van der Waals surface area (Å²) < 4.78 is 2.08. The molecule has 0 radical (unpaired) electrons. The minimum absolute atomic E-state index is 0.730. The molecule has 2 fully saturated rings. The van der Waals surface area contributed by atoms with E-state index in [4.69, 9.17) is 0 Å². The average molecular weight is 262 g/mol. The summed E-state index contributed by atoms with van der Waals surface area (Å²) in [4.78, 5) is 2.66. The fraction of sp³-hybridized carbons (Fsp3) is 0.800. The number of nitrogens with zero attached hydrogens (tertiary/aromatic N) is 3. The lowest BCUT2D eigenvalue weighted by atomic mass is 10.0. The van der Waals surface area contributed by atoms with Crippen molar-refractivity contribution in [3.8, 4) is 0 Å². The summed E-state index contributed by atoms with van der Waals surface area (Å²) in [6, 6.07) is 1.48. The standard InChI is InChI=1S/C15H26N4/c1-2-8-19-12-13(10-17-19)11-18-9-4-6-15(18)14-5-3-7-16-14/h10,12,14-16H,2-9,11H2,1H3. The van der Waals surface area contributed by atoms with Crippen molar-refractivity contribution in [2.24, 2.45) is 0 Å². The Bertz CT molecular complexity index is 395. The number of aryl methyl sites for hydroxylation is 1. The van der Waals surface area contributed by atoms with Crippen molar-refractivity contribution in [2.75, 3.05) is 13.1 Å². The van der Waals surface area contributed by atoms with Crippen molar-refractivity contribution in [1.82, 2.24) is 20.0 Å². The topological polar surface area (TPSA) is 33.1 Å². The van der Waals surface area contributed by atoms with Crippen LogP contribution < -0.4 is 5.32 Å². The highest BCUT2D eigenvalue weighted by molar-refractivity contribution is 5.05. The van der Waals surface area contributed by atoms with Crippen LogP contribution in [0.5, 0.6) is 0 Å². The zero-order chi connectivity index (χ0) is 13.1. The Balaban J connectivity index is 1.60. The van der Waals surface area contributed by atoms with E-state index >= 15 is 0 Å². The quantitative estimate of drug-likeness (QED) is 0.881. The Labute approximate surface area is 116 Å². The second-order valence-electron chi connectivity index (χ2n) is 5.99. The first-order valence-corrected chi connectivity index (χ1v) is 7.85. The zero-order valence-corrected chi connectivity index (χ0v) is 12.0. The molecule has 1 N–H and O–H groups in total. The number of likely N-dealkylation sites (tertiary alicyclic amines) is 1. The highest BCUT2D eigenvalue weighted by Crippen LogP contribution is 2.26. The molecule has 2 aliphatic rings. The van der Waals surface area contributed by atoms with Gasteiger partial charge in [0, 0.05) is 36.9 Å². The highest BCUT2D eigenvalue weighted by atomic mass is 15.3. The van der Waals surface area contributed by atoms with E-state index in [2.05, 4.69) is 33.1 Å². The molecule has 0 saturated carbocycles. The van der Waals surface area contributed by atoms with Crippen LogP contribution >= 0.6 is 0 Å². The molecule has 3 rings (SSSR count). The van der Waals surface area contributed by atoms with Gasteiger partial charge in [-0.1, -0.05) is 6.92 Å². The van der Waals surface area contributed by atoms with Crippen molar-refractivity contribution in [2.45, 2.75) is 64.2 Å². The Morgan fingerprint density at radius 3 is 3.11 bits per heavy atom. The molecule has 4 heteroatoms. The lowest BCUT2D eigenvalue weighted by Crippen LogP contribution is -2.43. The Kier molecular flexibility index (Phi) is 4.18. The Morgan fingerprint density at radius 1 is 1.37 bits per heavy atom. The van der Waals surface area contributed by atoms with Gasteiger partial charge in [0.2, 0.25) is 0 Å². The van der Waals surface area contributed by atoms with E-state index in [9.17, 15) is 0 Å². The molecule has 4 nitrogen and oxygen atoms in total. The minimum Gasteiger partial charge on any atom is -0.312 e. The summed E-state index contributed by atoms with van der Waals surface area (Å²) in [6.45, 7) is 6.77. The second-order valence-corrected chi connectivity index (χ2v) is 5.99. The van der Waals surface area contributed by atoms with Crippen LogP contribution in [0.25, 0.3) is 0 Å². The fourth-order valence-corrected chi connectivity index (χ4v) is 3.62. The Morgan fingerprint density at radius 2 is 2.32 bits per heavy atom. The van der Waals surface area contributed by atoms with E-state index in [0.29, 0.717) is 0 Å². The number of aromatic nitrogens is 2. The van der Waals surface area contributed by atoms with E-state index in [1.165, 1.54) is 44.3 Å². The minimum atomic E-state index is 0.730. The first kappa shape index (κ1) is 13.1. The predicted molar refractivity (Wildman–Crippen MR) is 77.0 cm³/mol. The molecule has 0 aliphatic carbocycles. The van der Waals surface area contributed by atoms with Crippen molar-refractivity contribution < 1.29 is 0 Å². The van der Waals surface area contributed by atoms with E-state index in [-0.39, 0.29) is 0 Å². The maximum Gasteiger partial charge on any atom is 0.0534 e. The van der Waals surface area contributed by atoms with Gasteiger partial charge in [-0.05, 0) is 45.2 Å². The molecule has 106 valence electrons. The third-order valence-electron chi connectivity index (χ3n) is 4.50. The highest BCUT2D eigenvalue weighted by Gasteiger charge is 2.33. The van der Waals surface area contributed by atoms with E-state index < -0.39 is 0 Å². The predicted octanol–water partition coefficient (Wildman–Crippen LogP) is 2.01. The molecule has 0 aromatic carbocycles. The third kappa shape index (κ3) is 3.00. The van der Waals surface area contributed by atoms with Gasteiger partial charge in [-0.3, -0.25) is 9.58 Å². The maximum atomic E-state index is 4.44. The van der Waals surface area contributed by atoms with Crippen molar-refractivity contribution >= 4 is 0 Å². The fourth-order valence-electron chi connectivity index (χ4n) is 3.62. The summed E-state index contributed by atoms with van der Waals surface area (Å²) in [7, 11) is 0. The van der Waals surface area contributed by atoms with Crippen LogP contribution in [0.4, 0.5) is 0 Å². The molecular weight excluding hydrogens is 236 g/mol. The van der Waals surface area contributed by atoms with Crippen LogP contribution in [-0.4, -0.2) is 39.9 Å². The lowest BCUT2D eigenvalue weighted by molar-refractivity contribution is 0.206. The van der Waals surface area contributed by atoms with Crippen molar-refractivity contribution in [3.63, 3.8) is 0 Å². The van der Waals surface area contributed by atoms with Gasteiger partial charge in [0.15, 0.2) is 0 Å². The molecule has 0 spiro atoms. The summed E-state index contributed by atoms with van der Waals surface area (Å²) in [6.07, 6.45) is 10.8. The molecule has 2 aliphatic heterocycles. The normalized spacial score (nSPS) is 28.3. The Hall–Kier alpha value is -0.870. The molecule has 0 amide bonds. The van der Waals surface area contributed by atoms with E-state index in [1.54, 1.807) is 0 Å². The zero-order valence-electron chi connectivity index (χ0n) is 12.0. The molecule has 2 atom stereocenters. The molecule has 3 heterocycles. The van der Waals surface area contributed by atoms with Gasteiger partial charge in [-0.2, -0.15) is 5.10 Å². The summed E-state index contributed by atoms with van der Waals surface area (Å²) >= 11 is 0. The van der Waals surface area contributed by atoms with Crippen molar-refractivity contribution in [1.29, 1.82) is 0 Å². The van der Waals surface area contributed by atoms with Crippen LogP contribution in [0.1, 0.15) is 44.6 Å². The molecule has 0 bridgehead atoms. The van der Waals surface area contributed by atoms with E-state index in [1.807, 2.05) is 6.20 Å². The van der Waals surface area contributed by atoms with Gasteiger partial charge in [0.1, 0.15) is 0 Å². The first-order valence-electron chi connectivity index (χ1n) is 7.85. The van der Waals surface area contributed by atoms with Crippen molar-refractivity contribution in [3.05, 3.63) is 18.0 Å². The van der Waals surface area contributed by atoms with Gasteiger partial charge in [0.25, 0.3) is 0 Å². The monoisotopic (exact) mass is 262 g/mol. The van der Waals surface area contributed by atoms with Crippen LogP contribution in [0.3, 0.4) is 0 Å². The summed E-state index contributed by atoms with van der Waals surface area (Å²) in [5, 5.41) is 8.12. The molecule has 1 aromatic heterocycles. The molecule has 19 heavy (non-hydrogen) atoms. The molecule has 1 aromatic rings. The van der Waals surface area contributed by atoms with Gasteiger partial charge in [-0.15, -0.1) is 0 Å². The largest absolute Gasteiger partial charge is 0.312 e. The van der Waals surface area contributed by atoms with Crippen LogP contribution in [-0.2, 0) is 13.1 Å². The maximum absolute atomic E-state index is 4.44. The van der Waals surface area contributed by atoms with Gasteiger partial charge >= 0.3 is 0 Å². The lowest BCUT2D eigenvalue weighted by Gasteiger charge is -2.29. The van der Waals surface area contributed by atoms with Gasteiger partial charge in [-0.25, -0.2) is 0 Å². The number of nitrogens with one attached hydrogen (secondary N) is 1. The summed E-state index contributed by atoms with van der Waals surface area (Å²) in [5.41, 5.74) is 1.37. The smallest absolute Gasteiger partial charge is 0.0534 e. The van der Waals surface area contributed by atoms with E-state index in [0.717, 1.165) is 31.6 Å². The van der Waals surface area contributed by atoms with Gasteiger partial charge < -0.3 is 5.32 Å². The van der Waals surface area contributed by atoms with Crippen LogP contribution in [0.2, 0.25) is 0 Å². The van der Waals surface area contributed by atoms with Gasteiger partial charge in [0.05, 0.1) is 6.20 Å². The molecular formula is C15H26N4. The number of rotatable bonds is 5. The number of hydrogen-bond donors (Lipinski definition) is 1. The third-order valence-corrected chi connectivity index (χ3v) is 4.50.